The molecular weight excluding hydrogens is 126 g/mol. The number of nitrogens with two attached hydrogens (primary N) is 1. The summed E-state index contributed by atoms with van der Waals surface area (Å²) in [6.45, 7) is 1.61. The predicted molar refractivity (Wildman–Crippen MR) is 40.5 cm³/mol. The highest BCUT2D eigenvalue weighted by Gasteiger charge is 2.22. The number of Topliss-reactive ketones (excluding diaryl/α,β-unsaturated/α-hetero) is 1. The molecule has 0 bridgehead atoms. The van der Waals surface area contributed by atoms with E-state index in [0.717, 1.165) is 12.8 Å². The lowest BCUT2D eigenvalue weighted by molar-refractivity contribution is -0.121. The Bertz CT molecular complexity index is 163. The Morgan fingerprint density at radius 3 is 2.50 bits per heavy atom. The van der Waals surface area contributed by atoms with Crippen LogP contribution in [-0.2, 0) is 4.79 Å². The molecule has 0 saturated carbocycles. The summed E-state index contributed by atoms with van der Waals surface area (Å²) in [6, 6.07) is 0.0579. The third-order valence-electron chi connectivity index (χ3n) is 2.00. The smallest absolute Gasteiger partial charge is 0.134 e. The Labute approximate surface area is 61.1 Å². The van der Waals surface area contributed by atoms with E-state index < -0.39 is 0 Å². The van der Waals surface area contributed by atoms with Crippen LogP contribution in [0.5, 0.6) is 0 Å². The van der Waals surface area contributed by atoms with Crippen molar-refractivity contribution in [1.29, 1.82) is 0 Å². The average molecular weight is 139 g/mol. The van der Waals surface area contributed by atoms with Crippen molar-refractivity contribution < 1.29 is 4.79 Å². The average Bonchev–Trinajstić information content (AvgIpc) is 1.88. The molecule has 1 rings (SSSR count). The van der Waals surface area contributed by atoms with Gasteiger partial charge in [0.05, 0.1) is 0 Å². The minimum Gasteiger partial charge on any atom is -0.327 e. The van der Waals surface area contributed by atoms with E-state index in [1.807, 2.05) is 12.2 Å². The zero-order valence-electron chi connectivity index (χ0n) is 6.21. The van der Waals surface area contributed by atoms with E-state index in [4.69, 9.17) is 5.73 Å². The molecule has 10 heavy (non-hydrogen) atoms. The lowest BCUT2D eigenvalue weighted by Gasteiger charge is -2.21. The summed E-state index contributed by atoms with van der Waals surface area (Å²) in [7, 11) is 0. The summed E-state index contributed by atoms with van der Waals surface area (Å²) >= 11 is 0. The Balaban J connectivity index is 2.59. The topological polar surface area (TPSA) is 43.1 Å². The Kier molecular flexibility index (Phi) is 2.22. The molecule has 0 saturated heterocycles. The molecule has 1 aliphatic rings. The van der Waals surface area contributed by atoms with Crippen LogP contribution in [0.2, 0.25) is 0 Å². The number of rotatable bonds is 1. The van der Waals surface area contributed by atoms with Crippen LogP contribution >= 0.6 is 0 Å². The number of carbonyl (C=O) groups is 1. The van der Waals surface area contributed by atoms with Gasteiger partial charge in [-0.05, 0) is 19.8 Å². The first-order chi connectivity index (χ1) is 4.72. The maximum atomic E-state index is 10.9. The predicted octanol–water partition coefficient (Wildman–Crippen LogP) is 0.869. The van der Waals surface area contributed by atoms with Crippen LogP contribution in [0.4, 0.5) is 0 Å². The second kappa shape index (κ2) is 2.97. The maximum absolute atomic E-state index is 10.9. The van der Waals surface area contributed by atoms with Gasteiger partial charge in [0.1, 0.15) is 5.78 Å². The monoisotopic (exact) mass is 139 g/mol. The van der Waals surface area contributed by atoms with Crippen molar-refractivity contribution in [2.75, 3.05) is 0 Å². The second-order valence-corrected chi connectivity index (χ2v) is 2.82. The minimum absolute atomic E-state index is 0.0579. The van der Waals surface area contributed by atoms with Crippen LogP contribution in [-0.4, -0.2) is 11.8 Å². The fraction of sp³-hybridized carbons (Fsp3) is 0.625. The van der Waals surface area contributed by atoms with Gasteiger partial charge in [0.2, 0.25) is 0 Å². The van der Waals surface area contributed by atoms with Crippen molar-refractivity contribution >= 4 is 5.78 Å². The van der Waals surface area contributed by atoms with Crippen molar-refractivity contribution in [2.45, 2.75) is 25.8 Å². The van der Waals surface area contributed by atoms with E-state index in [1.54, 1.807) is 6.92 Å². The summed E-state index contributed by atoms with van der Waals surface area (Å²) in [6.07, 6.45) is 5.76. The molecule has 0 aromatic heterocycles. The molecule has 0 heterocycles. The molecule has 2 nitrogen and oxygen atoms in total. The van der Waals surface area contributed by atoms with Gasteiger partial charge in [-0.15, -0.1) is 0 Å². The first-order valence-corrected chi connectivity index (χ1v) is 3.63. The van der Waals surface area contributed by atoms with Gasteiger partial charge < -0.3 is 5.73 Å². The molecule has 0 unspecified atom stereocenters. The quantitative estimate of drug-likeness (QED) is 0.548. The molecule has 1 aliphatic carbocycles. The summed E-state index contributed by atoms with van der Waals surface area (Å²) in [4.78, 5) is 10.9. The van der Waals surface area contributed by atoms with Crippen molar-refractivity contribution in [2.24, 2.45) is 11.7 Å². The second-order valence-electron chi connectivity index (χ2n) is 2.82. The van der Waals surface area contributed by atoms with Crippen molar-refractivity contribution in [1.82, 2.24) is 0 Å². The molecule has 2 heteroatoms. The van der Waals surface area contributed by atoms with Gasteiger partial charge >= 0.3 is 0 Å². The Morgan fingerprint density at radius 1 is 1.50 bits per heavy atom. The third-order valence-corrected chi connectivity index (χ3v) is 2.00. The SMILES string of the molecule is CC(=O)[C@@H]1CC=CC[C@@H]1N. The number of carbonyl (C=O) groups excluding carboxylic acids is 1. The summed E-state index contributed by atoms with van der Waals surface area (Å²) in [5.74, 6) is 0.293. The zero-order chi connectivity index (χ0) is 7.56. The van der Waals surface area contributed by atoms with E-state index in [1.165, 1.54) is 0 Å². The van der Waals surface area contributed by atoms with E-state index in [-0.39, 0.29) is 17.7 Å². The lowest BCUT2D eigenvalue weighted by atomic mass is 9.87. The molecule has 0 aromatic carbocycles. The maximum Gasteiger partial charge on any atom is 0.134 e. The summed E-state index contributed by atoms with van der Waals surface area (Å²) in [5.41, 5.74) is 5.71. The van der Waals surface area contributed by atoms with Crippen LogP contribution in [0, 0.1) is 5.92 Å². The molecule has 0 fully saturated rings. The highest BCUT2D eigenvalue weighted by atomic mass is 16.1. The molecule has 0 aliphatic heterocycles. The number of allylic oxidation sites excluding steroid dienone is 1. The molecular formula is C8H13NO. The normalized spacial score (nSPS) is 32.2. The number of hydrogen-bond acceptors (Lipinski definition) is 2. The first kappa shape index (κ1) is 7.48. The fourth-order valence-corrected chi connectivity index (χ4v) is 1.30. The largest absolute Gasteiger partial charge is 0.327 e. The Morgan fingerprint density at radius 2 is 2.10 bits per heavy atom. The van der Waals surface area contributed by atoms with Gasteiger partial charge in [-0.25, -0.2) is 0 Å². The van der Waals surface area contributed by atoms with E-state index in [0.29, 0.717) is 0 Å². The summed E-state index contributed by atoms with van der Waals surface area (Å²) in [5, 5.41) is 0. The minimum atomic E-state index is 0.0579. The number of hydrogen-bond donors (Lipinski definition) is 1. The van der Waals surface area contributed by atoms with E-state index in [9.17, 15) is 4.79 Å². The van der Waals surface area contributed by atoms with E-state index >= 15 is 0 Å². The van der Waals surface area contributed by atoms with Crippen LogP contribution < -0.4 is 5.73 Å². The lowest BCUT2D eigenvalue weighted by Crippen LogP contribution is -2.35. The van der Waals surface area contributed by atoms with Gasteiger partial charge in [0.25, 0.3) is 0 Å². The van der Waals surface area contributed by atoms with Crippen LogP contribution in [0.3, 0.4) is 0 Å². The molecule has 2 atom stereocenters. The van der Waals surface area contributed by atoms with Gasteiger partial charge in [-0.2, -0.15) is 0 Å². The van der Waals surface area contributed by atoms with Gasteiger partial charge in [0, 0.05) is 12.0 Å². The van der Waals surface area contributed by atoms with Crippen molar-refractivity contribution in [3.05, 3.63) is 12.2 Å². The third kappa shape index (κ3) is 1.45. The first-order valence-electron chi connectivity index (χ1n) is 3.63. The highest BCUT2D eigenvalue weighted by molar-refractivity contribution is 5.79. The standard InChI is InChI=1S/C8H13NO/c1-6(10)7-4-2-3-5-8(7)9/h2-3,7-8H,4-5,9H2,1H3/t7-,8-/m0/s1. The molecule has 2 N–H and O–H groups in total. The molecule has 0 radical (unpaired) electrons. The van der Waals surface area contributed by atoms with E-state index in [2.05, 4.69) is 0 Å². The van der Waals surface area contributed by atoms with Crippen LogP contribution in [0.15, 0.2) is 12.2 Å². The molecule has 0 amide bonds. The zero-order valence-corrected chi connectivity index (χ0v) is 6.21. The van der Waals surface area contributed by atoms with Crippen LogP contribution in [0.25, 0.3) is 0 Å². The summed E-state index contributed by atoms with van der Waals surface area (Å²) < 4.78 is 0. The Hall–Kier alpha value is -0.630. The van der Waals surface area contributed by atoms with Crippen molar-refractivity contribution in [3.63, 3.8) is 0 Å². The number of ketones is 1. The van der Waals surface area contributed by atoms with Crippen LogP contribution in [0.1, 0.15) is 19.8 Å². The fourth-order valence-electron chi connectivity index (χ4n) is 1.30. The highest BCUT2D eigenvalue weighted by Crippen LogP contribution is 2.17. The van der Waals surface area contributed by atoms with Gasteiger partial charge in [-0.1, -0.05) is 12.2 Å². The van der Waals surface area contributed by atoms with Crippen molar-refractivity contribution in [3.8, 4) is 0 Å². The molecule has 0 aromatic rings. The van der Waals surface area contributed by atoms with Gasteiger partial charge in [-0.3, -0.25) is 4.79 Å². The van der Waals surface area contributed by atoms with Gasteiger partial charge in [0.15, 0.2) is 0 Å². The molecule has 0 spiro atoms. The molecule has 56 valence electrons.